The molecule has 1 aromatic heterocycles. The van der Waals surface area contributed by atoms with Crippen molar-refractivity contribution in [2.24, 2.45) is 4.99 Å². The second-order valence-corrected chi connectivity index (χ2v) is 11.6. The number of thiazole rings is 1. The van der Waals surface area contributed by atoms with E-state index in [1.54, 1.807) is 36.9 Å². The van der Waals surface area contributed by atoms with Gasteiger partial charge in [0.25, 0.3) is 11.5 Å². The summed E-state index contributed by atoms with van der Waals surface area (Å²) in [6.07, 6.45) is 1.80. The maximum atomic E-state index is 14.3. The van der Waals surface area contributed by atoms with Gasteiger partial charge < -0.3 is 19.1 Å². The third kappa shape index (κ3) is 5.03. The lowest BCUT2D eigenvalue weighted by Crippen LogP contribution is -2.43. The molecule has 0 bridgehead atoms. The normalized spacial score (nSPS) is 14.9. The molecule has 4 aromatic rings. The molecule has 1 amide bonds. The molecule has 2 heterocycles. The molecule has 1 atom stereocenters. The van der Waals surface area contributed by atoms with E-state index in [1.165, 1.54) is 11.3 Å². The summed E-state index contributed by atoms with van der Waals surface area (Å²) in [7, 11) is 4.74. The third-order valence-electron chi connectivity index (χ3n) is 7.48. The first-order valence-electron chi connectivity index (χ1n) is 13.6. The summed E-state index contributed by atoms with van der Waals surface area (Å²) in [5, 5.41) is 1.88. The van der Waals surface area contributed by atoms with Gasteiger partial charge in [-0.05, 0) is 77.3 Å². The number of rotatable bonds is 8. The Morgan fingerprint density at radius 3 is 2.43 bits per heavy atom. The second kappa shape index (κ2) is 12.1. The van der Waals surface area contributed by atoms with Gasteiger partial charge in [0.15, 0.2) is 16.3 Å². The van der Waals surface area contributed by atoms with Crippen molar-refractivity contribution in [3.8, 4) is 17.2 Å². The highest BCUT2D eigenvalue weighted by atomic mass is 79.9. The van der Waals surface area contributed by atoms with Crippen LogP contribution in [-0.4, -0.2) is 49.8 Å². The van der Waals surface area contributed by atoms with Gasteiger partial charge in [-0.2, -0.15) is 0 Å². The topological polar surface area (TPSA) is 82.4 Å². The largest absolute Gasteiger partial charge is 0.496 e. The fraction of sp³-hybridized carbons (Fsp3) is 0.281. The van der Waals surface area contributed by atoms with Gasteiger partial charge in [0.05, 0.1) is 41.6 Å². The molecule has 0 spiro atoms. The number of likely N-dealkylation sites (N-methyl/N-ethyl adjacent to an activating group) is 1. The zero-order valence-electron chi connectivity index (χ0n) is 24.4. The third-order valence-corrected chi connectivity index (χ3v) is 9.05. The summed E-state index contributed by atoms with van der Waals surface area (Å²) in [6, 6.07) is 14.7. The molecule has 0 fully saturated rings. The highest BCUT2D eigenvalue weighted by Gasteiger charge is 2.36. The Hall–Kier alpha value is -3.89. The molecule has 0 saturated heterocycles. The number of amides is 1. The number of carbonyl (C=O) groups excluding carboxylic acids is 1. The average molecular weight is 651 g/mol. The Morgan fingerprint density at radius 1 is 1.05 bits per heavy atom. The maximum absolute atomic E-state index is 14.3. The maximum Gasteiger partial charge on any atom is 0.271 e. The van der Waals surface area contributed by atoms with E-state index in [9.17, 15) is 9.59 Å². The fourth-order valence-electron chi connectivity index (χ4n) is 5.46. The van der Waals surface area contributed by atoms with Crippen molar-refractivity contribution in [3.05, 3.63) is 95.1 Å². The second-order valence-electron chi connectivity index (χ2n) is 9.70. The molecule has 3 aromatic carbocycles. The predicted molar refractivity (Wildman–Crippen MR) is 169 cm³/mol. The van der Waals surface area contributed by atoms with Crippen LogP contribution in [0.3, 0.4) is 0 Å². The minimum absolute atomic E-state index is 0.153. The minimum atomic E-state index is -0.741. The molecule has 1 aliphatic heterocycles. The van der Waals surface area contributed by atoms with Gasteiger partial charge in [-0.15, -0.1) is 0 Å². The number of allylic oxidation sites excluding steroid dienone is 1. The van der Waals surface area contributed by atoms with Crippen LogP contribution in [0.2, 0.25) is 0 Å². The molecular weight excluding hydrogens is 618 g/mol. The first kappa shape index (κ1) is 29.6. The number of carbonyl (C=O) groups is 1. The van der Waals surface area contributed by atoms with Crippen LogP contribution in [0.25, 0.3) is 16.8 Å². The quantitative estimate of drug-likeness (QED) is 0.267. The molecule has 0 aliphatic carbocycles. The number of nitrogens with zero attached hydrogens (tertiary/aromatic N) is 3. The van der Waals surface area contributed by atoms with Crippen molar-refractivity contribution in [1.82, 2.24) is 9.47 Å². The standard InChI is InChI=1S/C32H32BrN3O5S/c1-7-35(8-2)31(38)26-18(3)34-32-36(28(26)27-21-12-10-9-11-20(21)13-14-23(27)39-4)30(37)25(42-32)17-19-15-22(33)29(41-6)24(16-19)40-5/h9-17,28H,7-8H2,1-6H3/b25-17+/t28-/m1/s1. The zero-order chi connectivity index (χ0) is 30.1. The van der Waals surface area contributed by atoms with E-state index in [1.807, 2.05) is 69.3 Å². The summed E-state index contributed by atoms with van der Waals surface area (Å²) in [4.78, 5) is 35.5. The van der Waals surface area contributed by atoms with E-state index in [4.69, 9.17) is 19.2 Å². The number of fused-ring (bicyclic) bond motifs is 2. The van der Waals surface area contributed by atoms with Gasteiger partial charge in [-0.3, -0.25) is 14.2 Å². The SMILES string of the molecule is CCN(CC)C(=O)C1=C(C)N=c2s/c(=C/c3cc(Br)c(OC)c(OC)c3)c(=O)n2[C@H]1c1c(OC)ccc2ccccc12. The first-order chi connectivity index (χ1) is 20.3. The van der Waals surface area contributed by atoms with Crippen LogP contribution in [0.4, 0.5) is 0 Å². The van der Waals surface area contributed by atoms with E-state index < -0.39 is 6.04 Å². The van der Waals surface area contributed by atoms with Crippen molar-refractivity contribution < 1.29 is 19.0 Å². The lowest BCUT2D eigenvalue weighted by atomic mass is 9.90. The number of methoxy groups -OCH3 is 3. The van der Waals surface area contributed by atoms with Crippen molar-refractivity contribution in [3.63, 3.8) is 0 Å². The number of hydrogen-bond acceptors (Lipinski definition) is 7. The van der Waals surface area contributed by atoms with Crippen LogP contribution < -0.4 is 29.1 Å². The first-order valence-corrected chi connectivity index (χ1v) is 15.2. The molecule has 42 heavy (non-hydrogen) atoms. The van der Waals surface area contributed by atoms with E-state index in [-0.39, 0.29) is 11.5 Å². The summed E-state index contributed by atoms with van der Waals surface area (Å²) in [5.41, 5.74) is 2.29. The molecule has 0 unspecified atom stereocenters. The molecule has 1 aliphatic rings. The van der Waals surface area contributed by atoms with Crippen LogP contribution >= 0.6 is 27.3 Å². The van der Waals surface area contributed by atoms with Crippen LogP contribution in [-0.2, 0) is 4.79 Å². The molecule has 8 nitrogen and oxygen atoms in total. The Morgan fingerprint density at radius 2 is 1.76 bits per heavy atom. The minimum Gasteiger partial charge on any atom is -0.496 e. The monoisotopic (exact) mass is 649 g/mol. The molecule has 218 valence electrons. The van der Waals surface area contributed by atoms with Crippen molar-refractivity contribution in [1.29, 1.82) is 0 Å². The lowest BCUT2D eigenvalue weighted by molar-refractivity contribution is -0.127. The van der Waals surface area contributed by atoms with Gasteiger partial charge in [0.2, 0.25) is 0 Å². The highest BCUT2D eigenvalue weighted by molar-refractivity contribution is 9.10. The van der Waals surface area contributed by atoms with E-state index >= 15 is 0 Å². The van der Waals surface area contributed by atoms with Crippen LogP contribution in [0.5, 0.6) is 17.2 Å². The summed E-state index contributed by atoms with van der Waals surface area (Å²) in [5.74, 6) is 1.54. The van der Waals surface area contributed by atoms with Crippen LogP contribution in [0.1, 0.15) is 37.9 Å². The van der Waals surface area contributed by atoms with Gasteiger partial charge in [-0.1, -0.05) is 41.7 Å². The van der Waals surface area contributed by atoms with Crippen molar-refractivity contribution >= 4 is 50.0 Å². The Balaban J connectivity index is 1.83. The summed E-state index contributed by atoms with van der Waals surface area (Å²) < 4.78 is 19.6. The van der Waals surface area contributed by atoms with E-state index in [2.05, 4.69) is 15.9 Å². The summed E-state index contributed by atoms with van der Waals surface area (Å²) >= 11 is 4.82. The molecule has 5 rings (SSSR count). The average Bonchev–Trinajstić information content (AvgIpc) is 3.29. The van der Waals surface area contributed by atoms with Crippen molar-refractivity contribution in [2.45, 2.75) is 26.8 Å². The predicted octanol–water partition coefficient (Wildman–Crippen LogP) is 5.05. The van der Waals surface area contributed by atoms with Crippen molar-refractivity contribution in [2.75, 3.05) is 34.4 Å². The molecule has 10 heteroatoms. The highest BCUT2D eigenvalue weighted by Crippen LogP contribution is 2.41. The van der Waals surface area contributed by atoms with Gasteiger partial charge in [0.1, 0.15) is 11.8 Å². The number of aromatic nitrogens is 1. The molecule has 0 N–H and O–H groups in total. The Kier molecular flexibility index (Phi) is 8.56. The van der Waals surface area contributed by atoms with E-state index in [0.717, 1.165) is 21.9 Å². The molecule has 0 saturated carbocycles. The Bertz CT molecular complexity index is 1910. The van der Waals surface area contributed by atoms with Crippen LogP contribution in [0.15, 0.2) is 74.1 Å². The zero-order valence-corrected chi connectivity index (χ0v) is 26.8. The van der Waals surface area contributed by atoms with Crippen LogP contribution in [0, 0.1) is 0 Å². The number of benzene rings is 3. The molecule has 0 radical (unpaired) electrons. The Labute approximate surface area is 256 Å². The number of ether oxygens (including phenoxy) is 3. The van der Waals surface area contributed by atoms with Gasteiger partial charge >= 0.3 is 0 Å². The lowest BCUT2D eigenvalue weighted by Gasteiger charge is -2.30. The van der Waals surface area contributed by atoms with E-state index in [0.29, 0.717) is 55.4 Å². The fourth-order valence-corrected chi connectivity index (χ4v) is 7.13. The number of hydrogen-bond donors (Lipinski definition) is 0. The van der Waals surface area contributed by atoms with Gasteiger partial charge in [-0.25, -0.2) is 4.99 Å². The molecular formula is C32H32BrN3O5S. The smallest absolute Gasteiger partial charge is 0.271 e. The summed E-state index contributed by atoms with van der Waals surface area (Å²) in [6.45, 7) is 6.79. The van der Waals surface area contributed by atoms with Gasteiger partial charge in [0, 0.05) is 18.7 Å². The number of halogens is 1.